The number of aromatic nitrogens is 1. The number of ether oxygens (including phenoxy) is 2. The summed E-state index contributed by atoms with van der Waals surface area (Å²) < 4.78 is 10.1. The van der Waals surface area contributed by atoms with E-state index in [0.717, 1.165) is 17.1 Å². The van der Waals surface area contributed by atoms with Crippen LogP contribution in [0.3, 0.4) is 0 Å². The fourth-order valence-electron chi connectivity index (χ4n) is 2.24. The van der Waals surface area contributed by atoms with Crippen LogP contribution in [0.25, 0.3) is 0 Å². The molecule has 0 saturated heterocycles. The highest BCUT2D eigenvalue weighted by Gasteiger charge is 2.29. The first-order valence-corrected chi connectivity index (χ1v) is 8.34. The zero-order chi connectivity index (χ0) is 17.9. The van der Waals surface area contributed by atoms with Gasteiger partial charge in [-0.05, 0) is 28.1 Å². The number of carbonyl (C=O) groups is 2. The molecule has 0 saturated carbocycles. The van der Waals surface area contributed by atoms with Crippen molar-refractivity contribution in [2.24, 2.45) is 0 Å². The highest BCUT2D eigenvalue weighted by Crippen LogP contribution is 2.38. The van der Waals surface area contributed by atoms with E-state index in [-0.39, 0.29) is 17.5 Å². The molecule has 2 aromatic rings. The van der Waals surface area contributed by atoms with Crippen molar-refractivity contribution in [2.45, 2.75) is 12.3 Å². The monoisotopic (exact) mass is 415 g/mol. The van der Waals surface area contributed by atoms with Crippen LogP contribution in [0.1, 0.15) is 33.1 Å². The molecule has 2 heterocycles. The number of hydrogen-bond acceptors (Lipinski definition) is 7. The van der Waals surface area contributed by atoms with Gasteiger partial charge in [0.15, 0.2) is 0 Å². The molecular formula is C15H14BrNO6S. The number of rotatable bonds is 5. The molecule has 0 aliphatic heterocycles. The minimum absolute atomic E-state index is 0.0855. The number of thiophene rings is 1. The maximum atomic E-state index is 12.3. The van der Waals surface area contributed by atoms with Gasteiger partial charge in [0.1, 0.15) is 11.3 Å². The molecule has 2 aromatic heterocycles. The van der Waals surface area contributed by atoms with E-state index >= 15 is 0 Å². The second-order valence-electron chi connectivity index (χ2n) is 4.76. The molecule has 0 aliphatic carbocycles. The molecule has 128 valence electrons. The first-order valence-electron chi connectivity index (χ1n) is 6.74. The van der Waals surface area contributed by atoms with Gasteiger partial charge in [-0.1, -0.05) is 0 Å². The lowest BCUT2D eigenvalue weighted by molar-refractivity contribution is -0.140. The Morgan fingerprint density at radius 3 is 2.58 bits per heavy atom. The van der Waals surface area contributed by atoms with E-state index in [1.807, 2.05) is 0 Å². The van der Waals surface area contributed by atoms with Gasteiger partial charge in [0, 0.05) is 17.0 Å². The number of pyridine rings is 1. The Morgan fingerprint density at radius 1 is 1.33 bits per heavy atom. The standard InChI is InChI=1S/C15H14BrNO6S/c1-22-11(18)5-7(9-3-4-10(16)24-9)12-13(19)8(15(21)23-2)6-17-14(12)20/h3-4,6-7H,5H2,1-2H3,(H2,17,19,20)/t7-/m1/s1. The minimum atomic E-state index is -0.797. The number of methoxy groups -OCH3 is 2. The topological polar surface area (TPSA) is 106 Å². The number of hydrogen-bond donors (Lipinski definition) is 2. The fraction of sp³-hybridized carbons (Fsp3) is 0.267. The number of aromatic hydroxyl groups is 1. The Kier molecular flexibility index (Phi) is 5.79. The van der Waals surface area contributed by atoms with Crippen molar-refractivity contribution in [1.82, 2.24) is 4.98 Å². The zero-order valence-corrected chi connectivity index (χ0v) is 15.2. The highest BCUT2D eigenvalue weighted by molar-refractivity contribution is 9.11. The van der Waals surface area contributed by atoms with Gasteiger partial charge in [0.25, 0.3) is 5.56 Å². The molecule has 0 fully saturated rings. The van der Waals surface area contributed by atoms with Crippen molar-refractivity contribution in [2.75, 3.05) is 14.2 Å². The third kappa shape index (κ3) is 3.68. The fourth-order valence-corrected chi connectivity index (χ4v) is 3.77. The summed E-state index contributed by atoms with van der Waals surface area (Å²) in [6, 6.07) is 3.49. The smallest absolute Gasteiger partial charge is 0.343 e. The predicted molar refractivity (Wildman–Crippen MR) is 90.6 cm³/mol. The van der Waals surface area contributed by atoms with E-state index in [0.29, 0.717) is 4.88 Å². The van der Waals surface area contributed by atoms with Crippen LogP contribution in [0.5, 0.6) is 5.75 Å². The van der Waals surface area contributed by atoms with Gasteiger partial charge < -0.3 is 19.6 Å². The summed E-state index contributed by atoms with van der Waals surface area (Å²) in [7, 11) is 2.40. The van der Waals surface area contributed by atoms with E-state index in [1.54, 1.807) is 12.1 Å². The molecule has 1 atom stereocenters. The average Bonchev–Trinajstić information content (AvgIpc) is 2.99. The van der Waals surface area contributed by atoms with Crippen LogP contribution in [0.4, 0.5) is 0 Å². The van der Waals surface area contributed by atoms with Gasteiger partial charge in [-0.15, -0.1) is 11.3 Å². The Hall–Kier alpha value is -2.13. The van der Waals surface area contributed by atoms with E-state index < -0.39 is 29.2 Å². The van der Waals surface area contributed by atoms with Crippen LogP contribution in [0.2, 0.25) is 0 Å². The first kappa shape index (κ1) is 18.2. The average molecular weight is 416 g/mol. The van der Waals surface area contributed by atoms with E-state index in [4.69, 9.17) is 0 Å². The second-order valence-corrected chi connectivity index (χ2v) is 7.25. The van der Waals surface area contributed by atoms with Crippen molar-refractivity contribution in [3.05, 3.63) is 48.5 Å². The summed E-state index contributed by atoms with van der Waals surface area (Å²) in [4.78, 5) is 38.8. The lowest BCUT2D eigenvalue weighted by Crippen LogP contribution is -2.21. The molecule has 0 spiro atoms. The molecule has 0 amide bonds. The maximum Gasteiger partial charge on any atom is 0.343 e. The third-order valence-corrected chi connectivity index (χ3v) is 5.13. The van der Waals surface area contributed by atoms with Gasteiger partial charge in [-0.3, -0.25) is 9.59 Å². The van der Waals surface area contributed by atoms with Gasteiger partial charge >= 0.3 is 11.9 Å². The van der Waals surface area contributed by atoms with Crippen LogP contribution in [-0.2, 0) is 14.3 Å². The van der Waals surface area contributed by atoms with E-state index in [1.165, 1.54) is 18.4 Å². The predicted octanol–water partition coefficient (Wildman–Crippen LogP) is 2.39. The number of halogens is 1. The zero-order valence-electron chi connectivity index (χ0n) is 12.8. The molecule has 24 heavy (non-hydrogen) atoms. The molecule has 0 bridgehead atoms. The van der Waals surface area contributed by atoms with Crippen molar-refractivity contribution in [1.29, 1.82) is 0 Å². The Labute approximate surface area is 149 Å². The van der Waals surface area contributed by atoms with Crippen molar-refractivity contribution in [3.63, 3.8) is 0 Å². The minimum Gasteiger partial charge on any atom is -0.506 e. The molecule has 0 unspecified atom stereocenters. The summed E-state index contributed by atoms with van der Waals surface area (Å²) in [6.07, 6.45) is 0.914. The van der Waals surface area contributed by atoms with Crippen LogP contribution >= 0.6 is 27.3 Å². The van der Waals surface area contributed by atoms with Crippen molar-refractivity contribution < 1.29 is 24.2 Å². The van der Waals surface area contributed by atoms with Crippen LogP contribution in [-0.4, -0.2) is 36.2 Å². The van der Waals surface area contributed by atoms with Gasteiger partial charge in [-0.2, -0.15) is 0 Å². The summed E-state index contributed by atoms with van der Waals surface area (Å²) in [5.41, 5.74) is -0.867. The third-order valence-electron chi connectivity index (χ3n) is 3.39. The summed E-state index contributed by atoms with van der Waals surface area (Å²) in [6.45, 7) is 0. The van der Waals surface area contributed by atoms with E-state index in [9.17, 15) is 19.5 Å². The lowest BCUT2D eigenvalue weighted by Gasteiger charge is -2.16. The Bertz CT molecular complexity index is 828. The number of aromatic amines is 1. The quantitative estimate of drug-likeness (QED) is 0.726. The van der Waals surface area contributed by atoms with Gasteiger partial charge in [0.2, 0.25) is 0 Å². The van der Waals surface area contributed by atoms with Crippen molar-refractivity contribution >= 4 is 39.2 Å². The lowest BCUT2D eigenvalue weighted by atomic mass is 9.93. The van der Waals surface area contributed by atoms with E-state index in [2.05, 4.69) is 30.4 Å². The van der Waals surface area contributed by atoms with Crippen LogP contribution in [0, 0.1) is 0 Å². The van der Waals surface area contributed by atoms with Gasteiger partial charge in [-0.25, -0.2) is 4.79 Å². The molecular weight excluding hydrogens is 402 g/mol. The highest BCUT2D eigenvalue weighted by atomic mass is 79.9. The molecule has 0 radical (unpaired) electrons. The molecule has 7 nitrogen and oxygen atoms in total. The Morgan fingerprint density at radius 2 is 2.04 bits per heavy atom. The number of H-pyrrole nitrogens is 1. The number of esters is 2. The summed E-state index contributed by atoms with van der Waals surface area (Å²) in [5, 5.41) is 10.4. The van der Waals surface area contributed by atoms with Gasteiger partial charge in [0.05, 0.1) is 30.0 Å². The van der Waals surface area contributed by atoms with Crippen molar-refractivity contribution in [3.8, 4) is 5.75 Å². The molecule has 0 aromatic carbocycles. The SMILES string of the molecule is COC(=O)C[C@H](c1ccc(Br)s1)c1c(O)c(C(=O)OC)c[nH]c1=O. The number of carbonyl (C=O) groups excluding carboxylic acids is 2. The normalized spacial score (nSPS) is 11.8. The molecule has 2 N–H and O–H groups in total. The first-order chi connectivity index (χ1) is 11.4. The Balaban J connectivity index is 2.63. The molecule has 2 rings (SSSR count). The van der Waals surface area contributed by atoms with Crippen LogP contribution in [0.15, 0.2) is 26.9 Å². The van der Waals surface area contributed by atoms with Crippen LogP contribution < -0.4 is 5.56 Å². The number of nitrogens with one attached hydrogen (secondary N) is 1. The largest absolute Gasteiger partial charge is 0.506 e. The maximum absolute atomic E-state index is 12.3. The summed E-state index contributed by atoms with van der Waals surface area (Å²) in [5.74, 6) is -2.62. The molecule has 9 heteroatoms. The second kappa shape index (κ2) is 7.63. The summed E-state index contributed by atoms with van der Waals surface area (Å²) >= 11 is 4.63. The molecule has 0 aliphatic rings.